The second-order valence-corrected chi connectivity index (χ2v) is 7.28. The number of nitrogens with zero attached hydrogens (tertiary/aromatic N) is 5. The van der Waals surface area contributed by atoms with Crippen LogP contribution in [0.25, 0.3) is 16.9 Å². The van der Waals surface area contributed by atoms with E-state index in [2.05, 4.69) is 15.1 Å². The lowest BCUT2D eigenvalue weighted by molar-refractivity contribution is -0.133. The van der Waals surface area contributed by atoms with Gasteiger partial charge < -0.3 is 9.47 Å². The normalized spacial score (nSPS) is 11.7. The number of carbonyl (C=O) groups is 1. The van der Waals surface area contributed by atoms with E-state index in [9.17, 15) is 18.0 Å². The summed E-state index contributed by atoms with van der Waals surface area (Å²) in [5.41, 5.74) is 2.67. The minimum atomic E-state index is -4.42. The first-order chi connectivity index (χ1) is 15.7. The quantitative estimate of drug-likeness (QED) is 0.367. The molecule has 0 spiro atoms. The molecule has 11 heteroatoms. The largest absolute Gasteiger partial charge is 0.494 e. The van der Waals surface area contributed by atoms with Crippen molar-refractivity contribution in [2.45, 2.75) is 25.6 Å². The van der Waals surface area contributed by atoms with Crippen LogP contribution in [0.1, 0.15) is 29.0 Å². The van der Waals surface area contributed by atoms with Gasteiger partial charge in [0.05, 0.1) is 31.1 Å². The molecule has 0 fully saturated rings. The Balaban J connectivity index is 1.55. The van der Waals surface area contributed by atoms with Gasteiger partial charge in [-0.05, 0) is 18.2 Å². The summed E-state index contributed by atoms with van der Waals surface area (Å²) in [6.07, 6.45) is 0.201. The highest BCUT2D eigenvalue weighted by molar-refractivity contribution is 5.97. The fourth-order valence-electron chi connectivity index (χ4n) is 3.29. The van der Waals surface area contributed by atoms with Gasteiger partial charge in [0.25, 0.3) is 0 Å². The number of fused-ring (bicyclic) bond motifs is 1. The van der Waals surface area contributed by atoms with Crippen LogP contribution < -0.4 is 9.47 Å². The molecule has 33 heavy (non-hydrogen) atoms. The predicted molar refractivity (Wildman–Crippen MR) is 112 cm³/mol. The Morgan fingerprint density at radius 2 is 1.97 bits per heavy atom. The van der Waals surface area contributed by atoms with Gasteiger partial charge in [-0.2, -0.15) is 18.3 Å². The van der Waals surface area contributed by atoms with Crippen molar-refractivity contribution in [1.29, 1.82) is 0 Å². The number of alkyl halides is 3. The average molecular weight is 459 g/mol. The van der Waals surface area contributed by atoms with Crippen LogP contribution in [0.5, 0.6) is 11.5 Å². The molecule has 0 amide bonds. The molecule has 0 bridgehead atoms. The number of ketones is 1. The molecule has 0 radical (unpaired) electrons. The van der Waals surface area contributed by atoms with Crippen molar-refractivity contribution in [1.82, 2.24) is 24.1 Å². The number of rotatable bonds is 8. The van der Waals surface area contributed by atoms with E-state index >= 15 is 0 Å². The van der Waals surface area contributed by atoms with Gasteiger partial charge in [0.2, 0.25) is 0 Å². The van der Waals surface area contributed by atoms with Crippen LogP contribution in [0, 0.1) is 0 Å². The van der Waals surface area contributed by atoms with Crippen molar-refractivity contribution in [2.24, 2.45) is 7.05 Å². The number of aryl methyl sites for hydroxylation is 1. The van der Waals surface area contributed by atoms with E-state index in [0.29, 0.717) is 29.3 Å². The molecule has 4 heterocycles. The molecule has 0 aliphatic carbocycles. The highest BCUT2D eigenvalue weighted by Crippen LogP contribution is 2.29. The predicted octanol–water partition coefficient (Wildman–Crippen LogP) is 4.24. The maximum Gasteiger partial charge on any atom is 0.389 e. The van der Waals surface area contributed by atoms with Gasteiger partial charge in [-0.15, -0.1) is 0 Å². The standard InChI is InChI=1S/C22H20F3N5O3/c1-29-15(4-7-28-29)13-33-16-5-8-30-17(12-26-20(30)10-16)14-9-19(32-2)21(27-11-14)18(31)3-6-22(23,24)25/h4-5,7-12H,3,6,13H2,1-2H3. The van der Waals surface area contributed by atoms with Crippen molar-refractivity contribution < 1.29 is 27.4 Å². The average Bonchev–Trinajstić information content (AvgIpc) is 3.40. The van der Waals surface area contributed by atoms with E-state index in [1.165, 1.54) is 13.3 Å². The van der Waals surface area contributed by atoms with Crippen molar-refractivity contribution in [3.8, 4) is 22.8 Å². The molecular weight excluding hydrogens is 439 g/mol. The van der Waals surface area contributed by atoms with Gasteiger partial charge in [0.1, 0.15) is 29.4 Å². The summed E-state index contributed by atoms with van der Waals surface area (Å²) in [5.74, 6) is -0.00278. The zero-order valence-electron chi connectivity index (χ0n) is 17.8. The second-order valence-electron chi connectivity index (χ2n) is 7.28. The van der Waals surface area contributed by atoms with Crippen LogP contribution in [0.15, 0.2) is 49.1 Å². The zero-order valence-corrected chi connectivity index (χ0v) is 17.8. The summed E-state index contributed by atoms with van der Waals surface area (Å²) in [4.78, 5) is 20.7. The molecule has 0 aliphatic heterocycles. The SMILES string of the molecule is COc1cc(-c2cnc3cc(OCc4ccnn4C)ccn23)cnc1C(=O)CCC(F)(F)F. The Kier molecular flexibility index (Phi) is 6.03. The maximum absolute atomic E-state index is 12.5. The molecule has 0 N–H and O–H groups in total. The third kappa shape index (κ3) is 4.97. The van der Waals surface area contributed by atoms with E-state index in [1.807, 2.05) is 13.1 Å². The highest BCUT2D eigenvalue weighted by Gasteiger charge is 2.29. The topological polar surface area (TPSA) is 83.5 Å². The molecule has 172 valence electrons. The number of hydrogen-bond donors (Lipinski definition) is 0. The Labute approximate surface area is 186 Å². The van der Waals surface area contributed by atoms with Crippen molar-refractivity contribution in [2.75, 3.05) is 7.11 Å². The smallest absolute Gasteiger partial charge is 0.389 e. The van der Waals surface area contributed by atoms with E-state index in [4.69, 9.17) is 9.47 Å². The van der Waals surface area contributed by atoms with Gasteiger partial charge in [-0.3, -0.25) is 13.9 Å². The fraction of sp³-hybridized carbons (Fsp3) is 0.273. The van der Waals surface area contributed by atoms with Gasteiger partial charge in [-0.1, -0.05) is 0 Å². The molecule has 0 atom stereocenters. The summed E-state index contributed by atoms with van der Waals surface area (Å²) in [7, 11) is 3.17. The zero-order chi connectivity index (χ0) is 23.6. The Morgan fingerprint density at radius 3 is 2.67 bits per heavy atom. The summed E-state index contributed by atoms with van der Waals surface area (Å²) in [5, 5.41) is 4.10. The Bertz CT molecular complexity index is 1300. The minimum absolute atomic E-state index is 0.103. The number of pyridine rings is 2. The summed E-state index contributed by atoms with van der Waals surface area (Å²) in [6, 6.07) is 6.99. The molecule has 4 aromatic rings. The first kappa shape index (κ1) is 22.3. The van der Waals surface area contributed by atoms with Crippen LogP contribution in [0.2, 0.25) is 0 Å². The second kappa shape index (κ2) is 8.93. The number of ether oxygens (including phenoxy) is 2. The van der Waals surface area contributed by atoms with Crippen molar-refractivity contribution in [3.63, 3.8) is 0 Å². The lowest BCUT2D eigenvalue weighted by atomic mass is 10.1. The third-order valence-electron chi connectivity index (χ3n) is 5.06. The van der Waals surface area contributed by atoms with Crippen molar-refractivity contribution in [3.05, 3.63) is 60.4 Å². The highest BCUT2D eigenvalue weighted by atomic mass is 19.4. The number of aromatic nitrogens is 5. The first-order valence-corrected chi connectivity index (χ1v) is 9.96. The number of imidazole rings is 1. The fourth-order valence-corrected chi connectivity index (χ4v) is 3.29. The van der Waals surface area contributed by atoms with Crippen LogP contribution in [0.4, 0.5) is 13.2 Å². The molecule has 8 nitrogen and oxygen atoms in total. The maximum atomic E-state index is 12.5. The molecule has 0 aliphatic rings. The monoisotopic (exact) mass is 459 g/mol. The molecule has 0 aromatic carbocycles. The number of methoxy groups -OCH3 is 1. The molecule has 4 aromatic heterocycles. The molecule has 4 rings (SSSR count). The number of carbonyl (C=O) groups excluding carboxylic acids is 1. The lowest BCUT2D eigenvalue weighted by Crippen LogP contribution is -2.12. The van der Waals surface area contributed by atoms with Crippen molar-refractivity contribution >= 4 is 11.4 Å². The third-order valence-corrected chi connectivity index (χ3v) is 5.06. The van der Waals surface area contributed by atoms with Crippen LogP contribution >= 0.6 is 0 Å². The molecular formula is C22H20F3N5O3. The Morgan fingerprint density at radius 1 is 1.15 bits per heavy atom. The van der Waals surface area contributed by atoms with Gasteiger partial charge in [0, 0.05) is 43.7 Å². The van der Waals surface area contributed by atoms with Crippen LogP contribution in [-0.4, -0.2) is 43.2 Å². The molecule has 0 saturated carbocycles. The number of Topliss-reactive ketones (excluding diaryl/α,β-unsaturated/α-hetero) is 1. The van der Waals surface area contributed by atoms with Gasteiger partial charge in [-0.25, -0.2) is 9.97 Å². The number of halogens is 3. The van der Waals surface area contributed by atoms with E-state index in [0.717, 1.165) is 5.69 Å². The lowest BCUT2D eigenvalue weighted by Gasteiger charge is -2.11. The molecule has 0 saturated heterocycles. The van der Waals surface area contributed by atoms with Gasteiger partial charge >= 0.3 is 6.18 Å². The first-order valence-electron chi connectivity index (χ1n) is 9.96. The summed E-state index contributed by atoms with van der Waals surface area (Å²) in [6.45, 7) is 0.352. The van der Waals surface area contributed by atoms with Crippen LogP contribution in [-0.2, 0) is 13.7 Å². The Hall–Kier alpha value is -3.89. The van der Waals surface area contributed by atoms with Gasteiger partial charge in [0.15, 0.2) is 5.78 Å². The minimum Gasteiger partial charge on any atom is -0.494 e. The van der Waals surface area contributed by atoms with E-state index < -0.39 is 24.8 Å². The summed E-state index contributed by atoms with van der Waals surface area (Å²) < 4.78 is 51.9. The molecule has 0 unspecified atom stereocenters. The summed E-state index contributed by atoms with van der Waals surface area (Å²) >= 11 is 0. The van der Waals surface area contributed by atoms with E-state index in [1.54, 1.807) is 45.9 Å². The van der Waals surface area contributed by atoms with E-state index in [-0.39, 0.29) is 11.4 Å². The van der Waals surface area contributed by atoms with Crippen LogP contribution in [0.3, 0.4) is 0 Å². The number of hydrogen-bond acceptors (Lipinski definition) is 6.